The van der Waals surface area contributed by atoms with E-state index >= 15 is 0 Å². The highest BCUT2D eigenvalue weighted by molar-refractivity contribution is 5.89. The molecule has 112 valence electrons. The number of carbonyl (C=O) groups is 1. The highest BCUT2D eigenvalue weighted by atomic mass is 16.3. The molecule has 1 aromatic heterocycles. The maximum absolute atomic E-state index is 11.8. The van der Waals surface area contributed by atoms with Gasteiger partial charge in [-0.25, -0.2) is 4.79 Å². The minimum Gasteiger partial charge on any atom is -0.472 e. The van der Waals surface area contributed by atoms with Gasteiger partial charge in [0.05, 0.1) is 18.6 Å². The third-order valence-electron chi connectivity index (χ3n) is 3.11. The fourth-order valence-electron chi connectivity index (χ4n) is 2.18. The van der Waals surface area contributed by atoms with Crippen molar-refractivity contribution in [3.8, 4) is 0 Å². The lowest BCUT2D eigenvalue weighted by Crippen LogP contribution is -2.30. The molecule has 0 saturated carbocycles. The summed E-state index contributed by atoms with van der Waals surface area (Å²) in [5, 5.41) is 15.4. The van der Waals surface area contributed by atoms with E-state index in [-0.39, 0.29) is 6.03 Å². The maximum atomic E-state index is 11.8. The molecule has 1 heterocycles. The summed E-state index contributed by atoms with van der Waals surface area (Å²) < 4.78 is 4.90. The molecule has 2 rings (SSSR count). The van der Waals surface area contributed by atoms with Gasteiger partial charge in [-0.05, 0) is 49.6 Å². The van der Waals surface area contributed by atoms with Gasteiger partial charge in [-0.2, -0.15) is 0 Å². The Morgan fingerprint density at radius 1 is 1.29 bits per heavy atom. The van der Waals surface area contributed by atoms with E-state index in [0.29, 0.717) is 18.5 Å². The van der Waals surface area contributed by atoms with Crippen LogP contribution in [0.4, 0.5) is 10.5 Å². The number of carbonyl (C=O) groups excluding carboxylic acids is 1. The molecule has 0 saturated heterocycles. The Kier molecular flexibility index (Phi) is 5.00. The van der Waals surface area contributed by atoms with Crippen LogP contribution in [0.3, 0.4) is 0 Å². The predicted molar refractivity (Wildman–Crippen MR) is 81.2 cm³/mol. The molecule has 0 aliphatic rings. The molecule has 2 amide bonds. The van der Waals surface area contributed by atoms with Crippen LogP contribution in [0.15, 0.2) is 41.2 Å². The Bertz CT molecular complexity index is 573. The van der Waals surface area contributed by atoms with Crippen LogP contribution in [0.1, 0.15) is 29.2 Å². The monoisotopic (exact) mass is 288 g/mol. The van der Waals surface area contributed by atoms with Crippen LogP contribution in [-0.2, 0) is 0 Å². The molecule has 5 heteroatoms. The number of hydrogen-bond donors (Lipinski definition) is 3. The van der Waals surface area contributed by atoms with Crippen molar-refractivity contribution in [1.82, 2.24) is 5.32 Å². The van der Waals surface area contributed by atoms with Crippen molar-refractivity contribution in [1.29, 1.82) is 0 Å². The first-order valence-electron chi connectivity index (χ1n) is 6.88. The Morgan fingerprint density at radius 2 is 2.00 bits per heavy atom. The lowest BCUT2D eigenvalue weighted by Gasteiger charge is -2.11. The fraction of sp³-hybridized carbons (Fsp3) is 0.312. The number of anilines is 1. The smallest absolute Gasteiger partial charge is 0.319 e. The number of rotatable bonds is 5. The molecule has 21 heavy (non-hydrogen) atoms. The van der Waals surface area contributed by atoms with E-state index in [1.54, 1.807) is 6.07 Å². The molecular formula is C16H20N2O3. The molecule has 0 aliphatic heterocycles. The molecular weight excluding hydrogens is 268 g/mol. The van der Waals surface area contributed by atoms with Gasteiger partial charge in [0.2, 0.25) is 0 Å². The third kappa shape index (κ3) is 4.65. The van der Waals surface area contributed by atoms with Crippen LogP contribution in [0.25, 0.3) is 0 Å². The number of urea groups is 1. The summed E-state index contributed by atoms with van der Waals surface area (Å²) in [7, 11) is 0. The van der Waals surface area contributed by atoms with Crippen molar-refractivity contribution in [2.24, 2.45) is 0 Å². The standard InChI is InChI=1S/C16H20N2O3/c1-11-7-12(2)9-14(8-11)18-16(20)17-5-3-15(19)13-4-6-21-10-13/h4,6-10,15,19H,3,5H2,1-2H3,(H2,17,18,20). The molecule has 1 aromatic carbocycles. The van der Waals surface area contributed by atoms with Crippen LogP contribution in [0.5, 0.6) is 0 Å². The largest absolute Gasteiger partial charge is 0.472 e. The van der Waals surface area contributed by atoms with Gasteiger partial charge in [0.15, 0.2) is 0 Å². The first-order chi connectivity index (χ1) is 10.0. The number of aliphatic hydroxyl groups excluding tert-OH is 1. The summed E-state index contributed by atoms with van der Waals surface area (Å²) in [5.74, 6) is 0. The lowest BCUT2D eigenvalue weighted by atomic mass is 10.1. The molecule has 5 nitrogen and oxygen atoms in total. The topological polar surface area (TPSA) is 74.5 Å². The number of hydrogen-bond acceptors (Lipinski definition) is 3. The SMILES string of the molecule is Cc1cc(C)cc(NC(=O)NCCC(O)c2ccoc2)c1. The molecule has 0 aliphatic carbocycles. The molecule has 3 N–H and O–H groups in total. The van der Waals surface area contributed by atoms with Gasteiger partial charge in [-0.3, -0.25) is 0 Å². The van der Waals surface area contributed by atoms with Gasteiger partial charge < -0.3 is 20.2 Å². The fourth-order valence-corrected chi connectivity index (χ4v) is 2.18. The van der Waals surface area contributed by atoms with E-state index in [2.05, 4.69) is 10.6 Å². The molecule has 0 spiro atoms. The van der Waals surface area contributed by atoms with E-state index in [1.165, 1.54) is 12.5 Å². The summed E-state index contributed by atoms with van der Waals surface area (Å²) in [6.07, 6.45) is 2.81. The second-order valence-corrected chi connectivity index (χ2v) is 5.12. The quantitative estimate of drug-likeness (QED) is 0.791. The number of aliphatic hydroxyl groups is 1. The Morgan fingerprint density at radius 3 is 2.62 bits per heavy atom. The Labute approximate surface area is 124 Å². The summed E-state index contributed by atoms with van der Waals surface area (Å²) in [6.45, 7) is 4.34. The average molecular weight is 288 g/mol. The second-order valence-electron chi connectivity index (χ2n) is 5.12. The number of aryl methyl sites for hydroxylation is 2. The number of furan rings is 1. The van der Waals surface area contributed by atoms with E-state index < -0.39 is 6.10 Å². The molecule has 2 aromatic rings. The zero-order chi connectivity index (χ0) is 15.2. The number of amides is 2. The van der Waals surface area contributed by atoms with Crippen molar-refractivity contribution in [2.75, 3.05) is 11.9 Å². The number of benzene rings is 1. The van der Waals surface area contributed by atoms with Crippen LogP contribution < -0.4 is 10.6 Å². The van der Waals surface area contributed by atoms with Crippen LogP contribution in [-0.4, -0.2) is 17.7 Å². The van der Waals surface area contributed by atoms with Gasteiger partial charge in [-0.15, -0.1) is 0 Å². The van der Waals surface area contributed by atoms with Crippen LogP contribution in [0, 0.1) is 13.8 Å². The van der Waals surface area contributed by atoms with Gasteiger partial charge in [0.1, 0.15) is 0 Å². The summed E-state index contributed by atoms with van der Waals surface area (Å²) in [4.78, 5) is 11.8. The van der Waals surface area contributed by atoms with Crippen molar-refractivity contribution in [2.45, 2.75) is 26.4 Å². The van der Waals surface area contributed by atoms with E-state index in [4.69, 9.17) is 4.42 Å². The van der Waals surface area contributed by atoms with Gasteiger partial charge in [0.25, 0.3) is 0 Å². The zero-order valence-corrected chi connectivity index (χ0v) is 12.2. The van der Waals surface area contributed by atoms with Crippen molar-refractivity contribution >= 4 is 11.7 Å². The van der Waals surface area contributed by atoms with Gasteiger partial charge >= 0.3 is 6.03 Å². The second kappa shape index (κ2) is 6.95. The Hall–Kier alpha value is -2.27. The van der Waals surface area contributed by atoms with Crippen LogP contribution >= 0.6 is 0 Å². The maximum Gasteiger partial charge on any atom is 0.319 e. The first-order valence-corrected chi connectivity index (χ1v) is 6.88. The Balaban J connectivity index is 1.77. The normalized spacial score (nSPS) is 12.0. The van der Waals surface area contributed by atoms with Gasteiger partial charge in [0, 0.05) is 17.8 Å². The third-order valence-corrected chi connectivity index (χ3v) is 3.11. The lowest BCUT2D eigenvalue weighted by molar-refractivity contribution is 0.166. The summed E-state index contributed by atoms with van der Waals surface area (Å²) in [5.41, 5.74) is 3.67. The summed E-state index contributed by atoms with van der Waals surface area (Å²) >= 11 is 0. The van der Waals surface area contributed by atoms with Gasteiger partial charge in [-0.1, -0.05) is 6.07 Å². The minimum atomic E-state index is -0.634. The van der Waals surface area contributed by atoms with Crippen molar-refractivity contribution < 1.29 is 14.3 Å². The zero-order valence-electron chi connectivity index (χ0n) is 12.2. The molecule has 0 fully saturated rings. The van der Waals surface area contributed by atoms with Crippen molar-refractivity contribution in [3.05, 3.63) is 53.5 Å². The van der Waals surface area contributed by atoms with Crippen molar-refractivity contribution in [3.63, 3.8) is 0 Å². The highest BCUT2D eigenvalue weighted by Gasteiger charge is 2.09. The number of nitrogens with one attached hydrogen (secondary N) is 2. The first kappa shape index (κ1) is 15.1. The molecule has 1 atom stereocenters. The van der Waals surface area contributed by atoms with E-state index in [9.17, 15) is 9.90 Å². The summed E-state index contributed by atoms with van der Waals surface area (Å²) in [6, 6.07) is 7.30. The van der Waals surface area contributed by atoms with Crippen LogP contribution in [0.2, 0.25) is 0 Å². The van der Waals surface area contributed by atoms with E-state index in [0.717, 1.165) is 16.8 Å². The van der Waals surface area contributed by atoms with E-state index in [1.807, 2.05) is 32.0 Å². The molecule has 0 bridgehead atoms. The minimum absolute atomic E-state index is 0.278. The molecule has 1 unspecified atom stereocenters. The average Bonchev–Trinajstić information content (AvgIpc) is 2.90. The predicted octanol–water partition coefficient (Wildman–Crippen LogP) is 3.14. The highest BCUT2D eigenvalue weighted by Crippen LogP contribution is 2.16. The molecule has 0 radical (unpaired) electrons.